The Balaban J connectivity index is 1.14. The predicted octanol–water partition coefficient (Wildman–Crippen LogP) is 1.87. The molecule has 21 heteroatoms. The normalized spacial score (nSPS) is 34.9. The van der Waals surface area contributed by atoms with Crippen LogP contribution in [-0.4, -0.2) is 146 Å². The number of guanidine groups is 1. The van der Waals surface area contributed by atoms with Crippen LogP contribution in [0.15, 0.2) is 83.8 Å². The second-order valence-electron chi connectivity index (χ2n) is 22.3. The van der Waals surface area contributed by atoms with E-state index in [0.29, 0.717) is 72.9 Å². The molecule has 0 unspecified atom stereocenters. The first-order valence-corrected chi connectivity index (χ1v) is 26.4. The van der Waals surface area contributed by atoms with Crippen LogP contribution in [0.25, 0.3) is 6.08 Å². The average molecular weight is 1060 g/mol. The number of phenols is 3. The monoisotopic (exact) mass is 1060 g/mol. The SMILES string of the molecule is NC(N)=NCCC[C@H](O)[C@@H]1CC2=C[C@]3(C(=O)O)[C@H](c4cc(O)c(O[C@]5(O)O[C@H](CO)[C@@H](O)[C@H](O)[C@H]5O)cc4N3C(=O)/C=C/c3ccc(O)c(Cc4cnc[nH]4)c3)[C@]23[C@@H](C[C@H]2Cc4cccc(O)c4[C@@]34[C@H](CO)CCC[C@H]24)C1. The maximum Gasteiger partial charge on any atom is 0.355 e. The number of aliphatic hydroxyl groups is 7. The first-order valence-electron chi connectivity index (χ1n) is 26.4. The summed E-state index contributed by atoms with van der Waals surface area (Å²) in [6.45, 7) is -1.00. The number of aliphatic imine (C=N–C) groups is 1. The van der Waals surface area contributed by atoms with Gasteiger partial charge in [-0.05, 0) is 134 Å². The van der Waals surface area contributed by atoms with Gasteiger partial charge in [-0.3, -0.25) is 14.7 Å². The molecule has 4 aromatic rings. The van der Waals surface area contributed by atoms with Crippen LogP contribution < -0.4 is 21.1 Å². The van der Waals surface area contributed by atoms with Gasteiger partial charge in [-0.2, -0.15) is 0 Å². The Morgan fingerprint density at radius 2 is 1.78 bits per heavy atom. The number of hydrogen-bond donors (Lipinski definition) is 14. The number of allylic oxidation sites excluding steroid dienone is 1. The number of carboxylic acids is 1. The lowest BCUT2D eigenvalue weighted by Crippen LogP contribution is -2.72. The molecule has 1 spiro atoms. The molecule has 0 radical (unpaired) electrons. The van der Waals surface area contributed by atoms with Crippen LogP contribution in [0, 0.1) is 35.0 Å². The van der Waals surface area contributed by atoms with E-state index in [2.05, 4.69) is 15.0 Å². The smallest absolute Gasteiger partial charge is 0.355 e. The Morgan fingerprint density at radius 1 is 0.974 bits per heavy atom. The van der Waals surface area contributed by atoms with Gasteiger partial charge in [-0.15, -0.1) is 0 Å². The number of nitrogens with two attached hydrogens (primary N) is 2. The van der Waals surface area contributed by atoms with Crippen molar-refractivity contribution in [3.05, 3.63) is 112 Å². The van der Waals surface area contributed by atoms with Gasteiger partial charge in [0.15, 0.2) is 29.1 Å². The van der Waals surface area contributed by atoms with E-state index < -0.39 is 107 Å². The number of fused-ring (bicyclic) bond motifs is 4. The van der Waals surface area contributed by atoms with Gasteiger partial charge < -0.3 is 82.1 Å². The number of carbonyl (C=O) groups excluding carboxylic acids is 1. The number of imidazole rings is 1. The Morgan fingerprint density at radius 3 is 2.51 bits per heavy atom. The van der Waals surface area contributed by atoms with Gasteiger partial charge >= 0.3 is 11.9 Å². The molecule has 21 nitrogen and oxygen atoms in total. The summed E-state index contributed by atoms with van der Waals surface area (Å²) in [6.07, 6.45) is 3.11. The predicted molar refractivity (Wildman–Crippen MR) is 275 cm³/mol. The third-order valence-corrected chi connectivity index (χ3v) is 18.6. The first kappa shape index (κ1) is 52.5. The number of carboxylic acid groups (broad SMARTS) is 1. The van der Waals surface area contributed by atoms with Gasteiger partial charge in [0.1, 0.15) is 29.8 Å². The fourth-order valence-electron chi connectivity index (χ4n) is 16.1. The quantitative estimate of drug-likeness (QED) is 0.0214. The van der Waals surface area contributed by atoms with Crippen molar-refractivity contribution >= 4 is 29.6 Å². The van der Waals surface area contributed by atoms with E-state index in [4.69, 9.17) is 20.9 Å². The van der Waals surface area contributed by atoms with Gasteiger partial charge in [0.2, 0.25) is 0 Å². The number of aliphatic carboxylic acids is 1. The summed E-state index contributed by atoms with van der Waals surface area (Å²) in [7, 11) is 0. The summed E-state index contributed by atoms with van der Waals surface area (Å²) in [4.78, 5) is 43.3. The number of nitrogens with zero attached hydrogens (tertiary/aromatic N) is 3. The number of aliphatic hydroxyl groups excluding tert-OH is 6. The number of H-pyrrole nitrogens is 1. The highest BCUT2D eigenvalue weighted by atomic mass is 16.8. The number of aromatic nitrogens is 2. The van der Waals surface area contributed by atoms with Crippen LogP contribution >= 0.6 is 0 Å². The number of amides is 1. The Hall–Kier alpha value is -6.56. The fourth-order valence-corrected chi connectivity index (χ4v) is 16.1. The van der Waals surface area contributed by atoms with Crippen molar-refractivity contribution in [2.75, 3.05) is 24.7 Å². The molecular formula is C56H66N6O15. The Kier molecular flexibility index (Phi) is 13.2. The molecule has 7 aliphatic rings. The number of nitrogens with one attached hydrogen (secondary N) is 1. The molecule has 1 amide bonds. The molecule has 11 rings (SSSR count). The lowest BCUT2D eigenvalue weighted by Gasteiger charge is -2.73. The van der Waals surface area contributed by atoms with Crippen molar-refractivity contribution in [1.82, 2.24) is 9.97 Å². The third-order valence-electron chi connectivity index (χ3n) is 18.6. The molecule has 5 aliphatic carbocycles. The number of hydrogen-bond acceptors (Lipinski definition) is 16. The van der Waals surface area contributed by atoms with Crippen LogP contribution in [0.3, 0.4) is 0 Å². The number of aromatic hydroxyl groups is 3. The minimum Gasteiger partial charge on any atom is -0.508 e. The van der Waals surface area contributed by atoms with E-state index in [1.807, 2.05) is 6.07 Å². The van der Waals surface area contributed by atoms with Crippen molar-refractivity contribution in [1.29, 1.82) is 0 Å². The largest absolute Gasteiger partial charge is 0.508 e. The third kappa shape index (κ3) is 7.78. The van der Waals surface area contributed by atoms with E-state index in [1.165, 1.54) is 30.6 Å². The minimum atomic E-state index is -3.23. The summed E-state index contributed by atoms with van der Waals surface area (Å²) in [6, 6.07) is 12.5. The summed E-state index contributed by atoms with van der Waals surface area (Å²) in [5, 5.41) is 126. The van der Waals surface area contributed by atoms with E-state index in [1.54, 1.807) is 36.5 Å². The summed E-state index contributed by atoms with van der Waals surface area (Å²) in [5.74, 6) is -9.93. The molecule has 1 aromatic heterocycles. The minimum absolute atomic E-state index is 0.00146. The summed E-state index contributed by atoms with van der Waals surface area (Å²) < 4.78 is 11.3. The standard InChI is InChI=1S/C56H66N6O15/c57-52(58)60-13-3-8-39(65)31-17-33-16-29-15-28-4-1-7-41(67)46(28)55(32(24-63)5-2-6-37(29)55)54(33)34(18-31)22-53(51(73)74)49(54)36-20-42(68)43(76-56(75)50(72)48(71)47(70)44(25-64)77-56)21-38(36)62(53)45(69)12-10-27-9-11-40(66)30(14-27)19-35-23-59-26-61-35/h1,4,7,9-12,14,20-23,26,29,31-33,37,39,44,47-50,63-68,70-72,75H,2-3,5-6,8,13,15-19,24-25H2,(H,59,61)(H,73,74)(H4,57,58,60)/b12-10+/t29-,31+,32+,33+,37-,39+,44-,47-,48+,49+,50-,53-,54+,55+,56+/m1/s1. The van der Waals surface area contributed by atoms with Crippen molar-refractivity contribution in [2.24, 2.45) is 51.5 Å². The van der Waals surface area contributed by atoms with Gasteiger partial charge in [0.25, 0.3) is 5.91 Å². The lowest BCUT2D eigenvalue weighted by atomic mass is 9.30. The number of anilines is 1. The molecule has 3 saturated carbocycles. The number of phenolic OH excluding ortho intramolecular Hbond substituents is 3. The van der Waals surface area contributed by atoms with Crippen LogP contribution in [0.2, 0.25) is 0 Å². The zero-order chi connectivity index (χ0) is 54.5. The van der Waals surface area contributed by atoms with Crippen LogP contribution in [0.1, 0.15) is 90.8 Å². The van der Waals surface area contributed by atoms with Crippen molar-refractivity contribution in [2.45, 2.75) is 118 Å². The molecule has 15 atom stereocenters. The zero-order valence-corrected chi connectivity index (χ0v) is 42.1. The number of carbonyl (C=O) groups is 2. The van der Waals surface area contributed by atoms with Gasteiger partial charge in [0.05, 0.1) is 24.7 Å². The Labute approximate surface area is 442 Å². The summed E-state index contributed by atoms with van der Waals surface area (Å²) >= 11 is 0. The molecule has 3 heterocycles. The molecule has 3 aromatic carbocycles. The van der Waals surface area contributed by atoms with Crippen LogP contribution in [-0.2, 0) is 32.6 Å². The van der Waals surface area contributed by atoms with Gasteiger partial charge in [-0.1, -0.05) is 30.2 Å². The van der Waals surface area contributed by atoms with Crippen LogP contribution in [0.4, 0.5) is 5.69 Å². The average Bonchev–Trinajstić information content (AvgIpc) is 2.93. The van der Waals surface area contributed by atoms with E-state index in [-0.39, 0.29) is 66.5 Å². The first-order chi connectivity index (χ1) is 36.8. The van der Waals surface area contributed by atoms with Crippen LogP contribution in [0.5, 0.6) is 23.0 Å². The second kappa shape index (κ2) is 19.4. The summed E-state index contributed by atoms with van der Waals surface area (Å²) in [5.41, 5.74) is 10.2. The van der Waals surface area contributed by atoms with E-state index >= 15 is 9.59 Å². The highest BCUT2D eigenvalue weighted by Gasteiger charge is 2.82. The number of rotatable bonds is 14. The van der Waals surface area contributed by atoms with Crippen molar-refractivity contribution in [3.63, 3.8) is 0 Å². The second-order valence-corrected chi connectivity index (χ2v) is 22.3. The van der Waals surface area contributed by atoms with Crippen molar-refractivity contribution in [3.8, 4) is 23.0 Å². The fraction of sp³-hybridized carbons (Fsp3) is 0.500. The molecule has 77 heavy (non-hydrogen) atoms. The highest BCUT2D eigenvalue weighted by Crippen LogP contribution is 2.83. The molecule has 2 aliphatic heterocycles. The lowest BCUT2D eigenvalue weighted by molar-refractivity contribution is -0.422. The number of aromatic amines is 1. The van der Waals surface area contributed by atoms with Gasteiger partial charge in [0, 0.05) is 71.5 Å². The number of ether oxygens (including phenoxy) is 2. The number of benzene rings is 3. The zero-order valence-electron chi connectivity index (χ0n) is 42.1. The molecule has 1 saturated heterocycles. The molecular weight excluding hydrogens is 997 g/mol. The highest BCUT2D eigenvalue weighted by molar-refractivity contribution is 6.13. The Bertz CT molecular complexity index is 3050. The molecule has 16 N–H and O–H groups in total. The van der Waals surface area contributed by atoms with Crippen molar-refractivity contribution < 1.29 is 75.2 Å². The topological polar surface area (TPSA) is 371 Å². The molecule has 410 valence electrons. The van der Waals surface area contributed by atoms with Gasteiger partial charge in [-0.25, -0.2) is 9.78 Å². The van der Waals surface area contributed by atoms with E-state index in [9.17, 15) is 56.2 Å². The molecule has 4 fully saturated rings. The maximum absolute atomic E-state index is 15.7. The molecule has 2 bridgehead atoms. The maximum atomic E-state index is 15.7. The van der Waals surface area contributed by atoms with E-state index in [0.717, 1.165) is 23.0 Å².